The topological polar surface area (TPSA) is 90.2 Å². The van der Waals surface area contributed by atoms with Crippen molar-refractivity contribution in [3.63, 3.8) is 0 Å². The Morgan fingerprint density at radius 2 is 2.09 bits per heavy atom. The number of benzene rings is 1. The van der Waals surface area contributed by atoms with Gasteiger partial charge in [0.15, 0.2) is 0 Å². The third kappa shape index (κ3) is 5.05. The lowest BCUT2D eigenvalue weighted by atomic mass is 10.2. The van der Waals surface area contributed by atoms with Crippen LogP contribution in [0.4, 0.5) is 20.2 Å². The number of halogens is 3. The second-order valence-electron chi connectivity index (χ2n) is 7.63. The van der Waals surface area contributed by atoms with Crippen molar-refractivity contribution in [2.75, 3.05) is 11.9 Å². The van der Waals surface area contributed by atoms with Gasteiger partial charge in [0.05, 0.1) is 42.1 Å². The number of hydrogen-bond acceptors (Lipinski definition) is 5. The molecule has 0 saturated heterocycles. The van der Waals surface area contributed by atoms with Crippen molar-refractivity contribution < 1.29 is 18.4 Å². The van der Waals surface area contributed by atoms with Crippen LogP contribution in [-0.4, -0.2) is 26.6 Å². The van der Waals surface area contributed by atoms with Crippen LogP contribution >= 0.6 is 15.9 Å². The molecule has 0 spiro atoms. The van der Waals surface area contributed by atoms with Crippen molar-refractivity contribution in [3.05, 3.63) is 74.6 Å². The summed E-state index contributed by atoms with van der Waals surface area (Å²) >= 11 is 3.15. The molecule has 32 heavy (non-hydrogen) atoms. The molecule has 0 unspecified atom stereocenters. The molecule has 1 saturated carbocycles. The largest absolute Gasteiger partial charge is 0.350 e. The molecule has 1 aliphatic carbocycles. The first kappa shape index (κ1) is 22.2. The summed E-state index contributed by atoms with van der Waals surface area (Å²) in [5, 5.41) is 2.54. The van der Waals surface area contributed by atoms with Gasteiger partial charge in [0.1, 0.15) is 5.82 Å². The SMILES string of the molecule is Cn1cnc(Cn2cc(C(=O)NOCC3CC3)c(Nc3ccc(Br)cc3F)c(F)c2=O)c1. The summed E-state index contributed by atoms with van der Waals surface area (Å²) in [6.45, 7) is 0.290. The van der Waals surface area contributed by atoms with E-state index >= 15 is 4.39 Å². The molecule has 1 aliphatic rings. The molecule has 2 aromatic heterocycles. The quantitative estimate of drug-likeness (QED) is 0.455. The van der Waals surface area contributed by atoms with E-state index in [4.69, 9.17) is 4.84 Å². The summed E-state index contributed by atoms with van der Waals surface area (Å²) < 4.78 is 32.7. The number of aryl methyl sites for hydroxylation is 1. The van der Waals surface area contributed by atoms with Crippen LogP contribution in [0.3, 0.4) is 0 Å². The number of hydrogen-bond donors (Lipinski definition) is 2. The fourth-order valence-electron chi connectivity index (χ4n) is 3.06. The first-order valence-electron chi connectivity index (χ1n) is 9.86. The van der Waals surface area contributed by atoms with E-state index < -0.39 is 28.8 Å². The molecule has 0 atom stereocenters. The van der Waals surface area contributed by atoms with Crippen LogP contribution < -0.4 is 16.4 Å². The summed E-state index contributed by atoms with van der Waals surface area (Å²) in [5.41, 5.74) is 1.05. The van der Waals surface area contributed by atoms with Gasteiger partial charge in [-0.15, -0.1) is 0 Å². The standard InChI is InChI=1S/C21H20BrF2N5O3/c1-28-7-14(25-11-28)8-29-9-15(20(30)27-32-10-12-2-3-12)19(18(24)21(29)31)26-17-5-4-13(22)6-16(17)23/h4-7,9,11-12,26H,2-3,8,10H2,1H3,(H,27,30). The van der Waals surface area contributed by atoms with Crippen LogP contribution in [-0.2, 0) is 18.4 Å². The molecule has 4 rings (SSSR count). The van der Waals surface area contributed by atoms with Gasteiger partial charge >= 0.3 is 0 Å². The number of anilines is 2. The molecule has 1 amide bonds. The van der Waals surface area contributed by atoms with Gasteiger partial charge in [-0.25, -0.2) is 14.9 Å². The van der Waals surface area contributed by atoms with Crippen molar-refractivity contribution >= 4 is 33.2 Å². The summed E-state index contributed by atoms with van der Waals surface area (Å²) in [5.74, 6) is -2.29. The first-order chi connectivity index (χ1) is 15.3. The second-order valence-corrected chi connectivity index (χ2v) is 8.55. The molecule has 168 valence electrons. The van der Waals surface area contributed by atoms with E-state index in [-0.39, 0.29) is 17.8 Å². The molecule has 0 radical (unpaired) electrons. The Balaban J connectivity index is 1.70. The number of pyridine rings is 1. The summed E-state index contributed by atoms with van der Waals surface area (Å²) in [6, 6.07) is 4.09. The van der Waals surface area contributed by atoms with Crippen molar-refractivity contribution in [2.45, 2.75) is 19.4 Å². The van der Waals surface area contributed by atoms with E-state index in [2.05, 4.69) is 31.7 Å². The minimum absolute atomic E-state index is 0.0489. The predicted octanol–water partition coefficient (Wildman–Crippen LogP) is 3.49. The number of amides is 1. The number of aromatic nitrogens is 3. The maximum absolute atomic E-state index is 15.2. The zero-order valence-corrected chi connectivity index (χ0v) is 18.7. The molecule has 1 fully saturated rings. The van der Waals surface area contributed by atoms with Gasteiger partial charge in [-0.05, 0) is 37.0 Å². The Morgan fingerprint density at radius 3 is 2.75 bits per heavy atom. The van der Waals surface area contributed by atoms with Crippen molar-refractivity contribution in [2.24, 2.45) is 13.0 Å². The summed E-state index contributed by atoms with van der Waals surface area (Å²) in [4.78, 5) is 34.8. The monoisotopic (exact) mass is 507 g/mol. The van der Waals surface area contributed by atoms with Crippen LogP contribution in [0.2, 0.25) is 0 Å². The van der Waals surface area contributed by atoms with Gasteiger partial charge < -0.3 is 14.5 Å². The van der Waals surface area contributed by atoms with Crippen LogP contribution in [0.25, 0.3) is 0 Å². The zero-order valence-electron chi connectivity index (χ0n) is 17.1. The Kier molecular flexibility index (Phi) is 6.38. The third-order valence-corrected chi connectivity index (χ3v) is 5.42. The fourth-order valence-corrected chi connectivity index (χ4v) is 3.39. The number of nitrogens with one attached hydrogen (secondary N) is 2. The van der Waals surface area contributed by atoms with Gasteiger partial charge in [-0.2, -0.15) is 4.39 Å². The van der Waals surface area contributed by atoms with Crippen LogP contribution in [0, 0.1) is 17.6 Å². The minimum Gasteiger partial charge on any atom is -0.350 e. The molecule has 8 nitrogen and oxygen atoms in total. The van der Waals surface area contributed by atoms with Gasteiger partial charge in [-0.3, -0.25) is 14.4 Å². The zero-order chi connectivity index (χ0) is 22.8. The highest BCUT2D eigenvalue weighted by Gasteiger charge is 2.25. The van der Waals surface area contributed by atoms with E-state index in [9.17, 15) is 14.0 Å². The molecular formula is C21H20BrF2N5O3. The average molecular weight is 508 g/mol. The normalized spacial score (nSPS) is 13.2. The van der Waals surface area contributed by atoms with E-state index in [1.54, 1.807) is 30.2 Å². The maximum Gasteiger partial charge on any atom is 0.289 e. The number of hydroxylamine groups is 1. The van der Waals surface area contributed by atoms with Crippen LogP contribution in [0.15, 0.2) is 46.2 Å². The van der Waals surface area contributed by atoms with Crippen LogP contribution in [0.5, 0.6) is 0 Å². The van der Waals surface area contributed by atoms with E-state index in [0.717, 1.165) is 17.4 Å². The number of imidazole rings is 1. The summed E-state index contributed by atoms with van der Waals surface area (Å²) in [7, 11) is 1.76. The molecule has 2 N–H and O–H groups in total. The van der Waals surface area contributed by atoms with E-state index in [1.807, 2.05) is 0 Å². The number of carbonyl (C=O) groups excluding carboxylic acids is 1. The fraction of sp³-hybridized carbons (Fsp3) is 0.286. The minimum atomic E-state index is -1.22. The van der Waals surface area contributed by atoms with E-state index in [0.29, 0.717) is 22.7 Å². The average Bonchev–Trinajstić information content (AvgIpc) is 3.48. The van der Waals surface area contributed by atoms with Gasteiger partial charge in [0, 0.05) is 23.9 Å². The summed E-state index contributed by atoms with van der Waals surface area (Å²) in [6.07, 6.45) is 6.47. The van der Waals surface area contributed by atoms with Crippen LogP contribution in [0.1, 0.15) is 28.9 Å². The van der Waals surface area contributed by atoms with Crippen molar-refractivity contribution in [3.8, 4) is 0 Å². The number of carbonyl (C=O) groups is 1. The van der Waals surface area contributed by atoms with E-state index in [1.165, 1.54) is 18.3 Å². The van der Waals surface area contributed by atoms with Gasteiger partial charge in [-0.1, -0.05) is 15.9 Å². The number of nitrogens with zero attached hydrogens (tertiary/aromatic N) is 3. The molecule has 3 aromatic rings. The second kappa shape index (κ2) is 9.21. The highest BCUT2D eigenvalue weighted by Crippen LogP contribution is 2.29. The molecule has 0 aliphatic heterocycles. The molecule has 2 heterocycles. The molecule has 0 bridgehead atoms. The predicted molar refractivity (Wildman–Crippen MR) is 116 cm³/mol. The first-order valence-corrected chi connectivity index (χ1v) is 10.6. The smallest absolute Gasteiger partial charge is 0.289 e. The highest BCUT2D eigenvalue weighted by molar-refractivity contribution is 9.10. The van der Waals surface area contributed by atoms with Crippen molar-refractivity contribution in [1.82, 2.24) is 19.6 Å². The van der Waals surface area contributed by atoms with Gasteiger partial charge in [0.2, 0.25) is 5.82 Å². The Labute approximate surface area is 190 Å². The Bertz CT molecular complexity index is 1220. The molecular weight excluding hydrogens is 488 g/mol. The maximum atomic E-state index is 15.2. The van der Waals surface area contributed by atoms with Crippen molar-refractivity contribution in [1.29, 1.82) is 0 Å². The lowest BCUT2D eigenvalue weighted by Gasteiger charge is -2.16. The third-order valence-electron chi connectivity index (χ3n) is 4.93. The van der Waals surface area contributed by atoms with Gasteiger partial charge in [0.25, 0.3) is 11.5 Å². The Hall–Kier alpha value is -3.05. The highest BCUT2D eigenvalue weighted by atomic mass is 79.9. The Morgan fingerprint density at radius 1 is 1.31 bits per heavy atom. The number of rotatable bonds is 8. The molecule has 11 heteroatoms. The lowest BCUT2D eigenvalue weighted by Crippen LogP contribution is -2.31. The lowest BCUT2D eigenvalue weighted by molar-refractivity contribution is 0.0270. The molecule has 1 aromatic carbocycles.